The van der Waals surface area contributed by atoms with Gasteiger partial charge in [-0.1, -0.05) is 26.2 Å². The molecule has 0 heterocycles. The Morgan fingerprint density at radius 3 is 1.21 bits per heavy atom. The zero-order chi connectivity index (χ0) is 16.5. The molecule has 0 bridgehead atoms. The molecule has 0 atom stereocenters. The molecule has 122 valence electrons. The third-order valence-corrected chi connectivity index (χ3v) is 5.82. The minimum absolute atomic E-state index is 0.417. The average Bonchev–Trinajstić information content (AvgIpc) is 2.18. The van der Waals surface area contributed by atoms with Gasteiger partial charge in [0.05, 0.1) is 7.11 Å². The summed E-state index contributed by atoms with van der Waals surface area (Å²) >= 11 is 4.24. The number of hydrogen-bond acceptors (Lipinski definition) is 3. The molecule has 0 saturated carbocycles. The number of rotatable bonds is 4. The molecule has 0 fully saturated rings. The van der Waals surface area contributed by atoms with Crippen LogP contribution in [0.2, 0.25) is 58.9 Å². The van der Waals surface area contributed by atoms with E-state index in [9.17, 15) is 0 Å². The smallest absolute Gasteiger partial charge is 0.359 e. The predicted molar refractivity (Wildman–Crippen MR) is 119 cm³/mol. The molecule has 3 nitrogen and oxygen atoms in total. The van der Waals surface area contributed by atoms with Crippen LogP contribution >= 0.6 is 37.2 Å². The van der Waals surface area contributed by atoms with Gasteiger partial charge < -0.3 is 4.12 Å². The summed E-state index contributed by atoms with van der Waals surface area (Å²) in [7, 11) is -1.12. The number of hydrogen-bond donors (Lipinski definition) is 0. The van der Waals surface area contributed by atoms with Crippen molar-refractivity contribution in [3.05, 3.63) is 0 Å². The molecule has 0 saturated heterocycles. The normalized spacial score (nSPS) is 10.1. The van der Waals surface area contributed by atoms with Crippen LogP contribution in [0.1, 0.15) is 0 Å². The molecule has 0 radical (unpaired) electrons. The lowest BCUT2D eigenvalue weighted by Gasteiger charge is -2.28. The van der Waals surface area contributed by atoms with Gasteiger partial charge >= 0.3 is 8.56 Å². The Hall–Kier alpha value is 2.21. The van der Waals surface area contributed by atoms with Crippen molar-refractivity contribution < 1.29 is 13.6 Å². The molecule has 0 N–H and O–H groups in total. The molecule has 0 aromatic rings. The molecule has 0 spiro atoms. The maximum Gasteiger partial charge on any atom is 0.359 e. The van der Waals surface area contributed by atoms with E-state index >= 15 is 0 Å². The van der Waals surface area contributed by atoms with Gasteiger partial charge in [-0.25, -0.2) is 4.89 Å². The second-order valence-electron chi connectivity index (χ2n) is 5.28. The van der Waals surface area contributed by atoms with E-state index in [4.69, 9.17) is 8.69 Å². The molecule has 0 aliphatic heterocycles. The Bertz CT molecular complexity index is 156. The van der Waals surface area contributed by atoms with E-state index in [1.165, 1.54) is 7.11 Å². The van der Waals surface area contributed by atoms with Crippen molar-refractivity contribution in [2.75, 3.05) is 7.11 Å². The van der Waals surface area contributed by atoms with Gasteiger partial charge in [-0.3, -0.25) is 4.58 Å². The molecule has 0 aromatic heterocycles. The molecule has 0 aliphatic carbocycles. The van der Waals surface area contributed by atoms with E-state index in [2.05, 4.69) is 87.9 Å². The molecule has 19 heavy (non-hydrogen) atoms. The van der Waals surface area contributed by atoms with Crippen molar-refractivity contribution in [3.63, 3.8) is 0 Å². The minimum atomic E-state index is -2.00. The van der Waals surface area contributed by atoms with Crippen LogP contribution in [0.3, 0.4) is 0 Å². The van der Waals surface area contributed by atoms with E-state index < -0.39 is 16.9 Å². The van der Waals surface area contributed by atoms with Crippen LogP contribution in [-0.2, 0) is 13.6 Å². The number of halogens is 2. The summed E-state index contributed by atoms with van der Waals surface area (Å²) in [5.74, 6) is 0. The van der Waals surface area contributed by atoms with Gasteiger partial charge in [0.15, 0.2) is 8.32 Å². The predicted octanol–water partition coefficient (Wildman–Crippen LogP) is 4.39. The Morgan fingerprint density at radius 2 is 1.05 bits per heavy atom. The maximum atomic E-state index is 5.80. The van der Waals surface area contributed by atoms with Gasteiger partial charge in [0.25, 0.3) is 0 Å². The van der Waals surface area contributed by atoms with Gasteiger partial charge in [0.2, 0.25) is 0 Å². The first-order chi connectivity index (χ1) is 8.60. The van der Waals surface area contributed by atoms with Crippen LogP contribution in [0.5, 0.6) is 0 Å². The highest BCUT2D eigenvalue weighted by atomic mass is 128. The van der Waals surface area contributed by atoms with Crippen LogP contribution in [0.4, 0.5) is 0 Å². The fourth-order valence-corrected chi connectivity index (χ4v) is 7.39. The summed E-state index contributed by atoms with van der Waals surface area (Å²) in [4.78, 5) is 4.61. The minimum Gasteiger partial charge on any atom is -0.435 e. The van der Waals surface area contributed by atoms with Crippen LogP contribution in [-0.4, -0.2) is 43.0 Å². The third kappa shape index (κ3) is 45.0. The highest BCUT2D eigenvalue weighted by molar-refractivity contribution is 15.0. The maximum absolute atomic E-state index is 5.80. The molecular formula is C10H34I2O3Si4. The standard InChI is InChI=1S/C6H18O3Si2.2C2H8Si.I2/c1-7-8-11(5,6)9-10(2,3)4;2*1-3-2;1-2/h1-6H3;2*3H2,1-2H3;. The Morgan fingerprint density at radius 1 is 0.789 bits per heavy atom. The summed E-state index contributed by atoms with van der Waals surface area (Å²) in [5.41, 5.74) is 0. The van der Waals surface area contributed by atoms with Gasteiger partial charge in [-0.05, 0) is 32.7 Å². The largest absolute Gasteiger partial charge is 0.435 e. The molecule has 0 amide bonds. The lowest BCUT2D eigenvalue weighted by Crippen LogP contribution is -2.44. The first-order valence-corrected chi connectivity index (χ1v) is 24.8. The van der Waals surface area contributed by atoms with Crippen LogP contribution in [0, 0.1) is 0 Å². The quantitative estimate of drug-likeness (QED) is 0.218. The van der Waals surface area contributed by atoms with Crippen molar-refractivity contribution >= 4 is 73.1 Å². The van der Waals surface area contributed by atoms with Gasteiger partial charge in [0.1, 0.15) is 0 Å². The summed E-state index contributed by atoms with van der Waals surface area (Å²) in [6, 6.07) is 0. The van der Waals surface area contributed by atoms with E-state index in [1.807, 2.05) is 13.1 Å². The highest BCUT2D eigenvalue weighted by Gasteiger charge is 2.32. The zero-order valence-electron chi connectivity index (χ0n) is 14.4. The van der Waals surface area contributed by atoms with E-state index in [1.54, 1.807) is 0 Å². The van der Waals surface area contributed by atoms with Crippen molar-refractivity contribution in [1.82, 2.24) is 0 Å². The zero-order valence-corrected chi connectivity index (χ0v) is 23.5. The second kappa shape index (κ2) is 20.2. The summed E-state index contributed by atoms with van der Waals surface area (Å²) in [6.45, 7) is 19.4. The monoisotopic (exact) mass is 568 g/mol. The Kier molecular flexibility index (Phi) is 31.1. The van der Waals surface area contributed by atoms with Crippen molar-refractivity contribution in [2.24, 2.45) is 0 Å². The summed E-state index contributed by atoms with van der Waals surface area (Å²) in [6.07, 6.45) is 0. The summed E-state index contributed by atoms with van der Waals surface area (Å²) in [5, 5.41) is 0. The Balaban J connectivity index is -0.000000117. The van der Waals surface area contributed by atoms with E-state index in [0.29, 0.717) is 19.0 Å². The molecular weight excluding hydrogens is 534 g/mol. The van der Waals surface area contributed by atoms with Crippen molar-refractivity contribution in [2.45, 2.75) is 58.9 Å². The van der Waals surface area contributed by atoms with Gasteiger partial charge in [-0.2, -0.15) is 0 Å². The second-order valence-corrected chi connectivity index (χ2v) is 16.1. The molecule has 0 rings (SSSR count). The SMILES string of the molecule is COO[Si](C)(C)O[Si](C)(C)C.C[SiH2]C.C[SiH2]C.II. The molecule has 0 aromatic carbocycles. The lowest BCUT2D eigenvalue weighted by atomic mass is 11.8. The fourth-order valence-electron chi connectivity index (χ4n) is 0.955. The van der Waals surface area contributed by atoms with E-state index in [0.717, 1.165) is 0 Å². The topological polar surface area (TPSA) is 27.7 Å². The Labute approximate surface area is 151 Å². The average molecular weight is 569 g/mol. The van der Waals surface area contributed by atoms with Gasteiger partial charge in [0, 0.05) is 56.3 Å². The van der Waals surface area contributed by atoms with Crippen molar-refractivity contribution in [3.8, 4) is 0 Å². The lowest BCUT2D eigenvalue weighted by molar-refractivity contribution is -0.200. The molecule has 0 aliphatic rings. The summed E-state index contributed by atoms with van der Waals surface area (Å²) < 4.78 is 10.9. The first-order valence-electron chi connectivity index (χ1n) is 6.66. The van der Waals surface area contributed by atoms with Crippen LogP contribution in [0.15, 0.2) is 0 Å². The van der Waals surface area contributed by atoms with Crippen LogP contribution < -0.4 is 0 Å². The van der Waals surface area contributed by atoms with E-state index in [-0.39, 0.29) is 0 Å². The van der Waals surface area contributed by atoms with Crippen LogP contribution in [0.25, 0.3) is 0 Å². The molecule has 0 unspecified atom stereocenters. The third-order valence-electron chi connectivity index (χ3n) is 0.836. The first kappa shape index (κ1) is 29.2. The molecule has 9 heteroatoms. The highest BCUT2D eigenvalue weighted by Crippen LogP contribution is 2.14. The fraction of sp³-hybridized carbons (Fsp3) is 1.00. The van der Waals surface area contributed by atoms with Gasteiger partial charge in [-0.15, -0.1) is 0 Å². The van der Waals surface area contributed by atoms with Crippen molar-refractivity contribution in [1.29, 1.82) is 0 Å².